The normalized spacial score (nSPS) is 14.4. The van der Waals surface area contributed by atoms with Crippen molar-refractivity contribution in [2.45, 2.75) is 32.6 Å². The fraction of sp³-hybridized carbons (Fsp3) is 0.241. The van der Waals surface area contributed by atoms with Crippen molar-refractivity contribution in [1.82, 2.24) is 4.90 Å². The smallest absolute Gasteiger partial charge is 0.453 e. The van der Waals surface area contributed by atoms with Crippen LogP contribution in [-0.2, 0) is 17.5 Å². The first kappa shape index (κ1) is 26.3. The van der Waals surface area contributed by atoms with Gasteiger partial charge in [0.05, 0.1) is 23.1 Å². The highest BCUT2D eigenvalue weighted by Gasteiger charge is 2.41. The molecule has 39 heavy (non-hydrogen) atoms. The number of hydrogen-bond donors (Lipinski definition) is 0. The molecule has 2 heterocycles. The van der Waals surface area contributed by atoms with Gasteiger partial charge in [-0.05, 0) is 55.8 Å². The molecule has 0 amide bonds. The zero-order chi connectivity index (χ0) is 27.7. The quantitative estimate of drug-likeness (QED) is 0.253. The van der Waals surface area contributed by atoms with Gasteiger partial charge in [-0.3, -0.25) is 9.69 Å². The molecule has 0 radical (unpaired) electrons. The van der Waals surface area contributed by atoms with E-state index in [1.165, 1.54) is 30.3 Å². The van der Waals surface area contributed by atoms with Crippen LogP contribution in [0, 0.1) is 0 Å². The summed E-state index contributed by atoms with van der Waals surface area (Å²) in [5, 5.41) is -0.0716. The second-order valence-corrected chi connectivity index (χ2v) is 8.96. The van der Waals surface area contributed by atoms with E-state index in [0.717, 1.165) is 5.56 Å². The number of fused-ring (bicyclic) bond motifs is 3. The summed E-state index contributed by atoms with van der Waals surface area (Å²) in [7, 11) is 0. The summed E-state index contributed by atoms with van der Waals surface area (Å²) in [6, 6.07) is 17.6. The number of carbonyl (C=O) groups is 1. The molecule has 0 N–H and O–H groups in total. The monoisotopic (exact) mass is 539 g/mol. The summed E-state index contributed by atoms with van der Waals surface area (Å²) in [6.07, 6.45) is -5.02. The number of nitrogens with zero attached hydrogens (tertiary/aromatic N) is 1. The molecule has 0 aliphatic carbocycles. The van der Waals surface area contributed by atoms with Crippen LogP contribution in [0.4, 0.5) is 13.2 Å². The first-order valence-corrected chi connectivity index (χ1v) is 12.2. The zero-order valence-electron chi connectivity index (χ0n) is 21.1. The number of hydrogen-bond acceptors (Lipinski definition) is 7. The maximum atomic E-state index is 14.2. The maximum absolute atomic E-state index is 14.2. The standard InChI is InChI=1S/C29H24F3NO6/c1-3-36-28(35)19-9-11-20(12-10-19)38-26-24(34)21-13-14-23-22(25(21)39-27(26)29(30,31)32)15-33(16-37-23)17(2)18-7-5-4-6-8-18/h4-14,17H,3,15-16H2,1-2H3. The van der Waals surface area contributed by atoms with E-state index < -0.39 is 29.1 Å². The number of benzene rings is 3. The van der Waals surface area contributed by atoms with Crippen LogP contribution in [0.3, 0.4) is 0 Å². The Morgan fingerprint density at radius 3 is 2.44 bits per heavy atom. The minimum atomic E-state index is -5.02. The predicted molar refractivity (Wildman–Crippen MR) is 136 cm³/mol. The Balaban J connectivity index is 1.55. The SMILES string of the molecule is CCOC(=O)c1ccc(Oc2c(C(F)(F)F)oc3c4c(ccc3c2=O)OCN(C(C)c2ccccc2)C4)cc1. The van der Waals surface area contributed by atoms with E-state index in [9.17, 15) is 22.8 Å². The number of carbonyl (C=O) groups excluding carboxylic acids is 1. The average molecular weight is 540 g/mol. The van der Waals surface area contributed by atoms with Crippen molar-refractivity contribution in [2.24, 2.45) is 0 Å². The Morgan fingerprint density at radius 2 is 1.77 bits per heavy atom. The largest absolute Gasteiger partial charge is 0.478 e. The number of ether oxygens (including phenoxy) is 3. The van der Waals surface area contributed by atoms with Crippen molar-refractivity contribution in [3.63, 3.8) is 0 Å². The lowest BCUT2D eigenvalue weighted by atomic mass is 10.0. The third-order valence-electron chi connectivity index (χ3n) is 6.50. The first-order valence-electron chi connectivity index (χ1n) is 12.2. The molecule has 5 rings (SSSR count). The van der Waals surface area contributed by atoms with Gasteiger partial charge in [-0.2, -0.15) is 13.2 Å². The van der Waals surface area contributed by atoms with Gasteiger partial charge in [0.25, 0.3) is 5.76 Å². The molecule has 0 saturated carbocycles. The van der Waals surface area contributed by atoms with E-state index in [1.807, 2.05) is 42.2 Å². The van der Waals surface area contributed by atoms with Crippen LogP contribution in [-0.4, -0.2) is 24.2 Å². The van der Waals surface area contributed by atoms with Crippen LogP contribution >= 0.6 is 0 Å². The molecule has 1 atom stereocenters. The van der Waals surface area contributed by atoms with E-state index in [-0.39, 0.29) is 48.2 Å². The molecule has 1 unspecified atom stereocenters. The van der Waals surface area contributed by atoms with Gasteiger partial charge in [-0.1, -0.05) is 30.3 Å². The summed E-state index contributed by atoms with van der Waals surface area (Å²) < 4.78 is 64.0. The summed E-state index contributed by atoms with van der Waals surface area (Å²) in [4.78, 5) is 27.2. The highest BCUT2D eigenvalue weighted by atomic mass is 19.4. The van der Waals surface area contributed by atoms with Crippen LogP contribution < -0.4 is 14.9 Å². The zero-order valence-corrected chi connectivity index (χ0v) is 21.1. The summed E-state index contributed by atoms with van der Waals surface area (Å²) >= 11 is 0. The molecule has 202 valence electrons. The van der Waals surface area contributed by atoms with Crippen molar-refractivity contribution in [1.29, 1.82) is 0 Å². The lowest BCUT2D eigenvalue weighted by Crippen LogP contribution is -2.34. The Labute approximate surface area is 221 Å². The Morgan fingerprint density at radius 1 is 1.05 bits per heavy atom. The fourth-order valence-electron chi connectivity index (χ4n) is 4.43. The van der Waals surface area contributed by atoms with Crippen LogP contribution in [0.5, 0.6) is 17.2 Å². The third-order valence-corrected chi connectivity index (χ3v) is 6.50. The van der Waals surface area contributed by atoms with E-state index in [4.69, 9.17) is 18.6 Å². The Bertz CT molecular complexity index is 1560. The van der Waals surface area contributed by atoms with Crippen LogP contribution in [0.15, 0.2) is 75.9 Å². The highest BCUT2D eigenvalue weighted by Crippen LogP contribution is 2.41. The lowest BCUT2D eigenvalue weighted by molar-refractivity contribution is -0.154. The van der Waals surface area contributed by atoms with Crippen molar-refractivity contribution in [3.8, 4) is 17.2 Å². The second-order valence-electron chi connectivity index (χ2n) is 8.96. The number of alkyl halides is 3. The van der Waals surface area contributed by atoms with Crippen molar-refractivity contribution in [3.05, 3.63) is 99.4 Å². The van der Waals surface area contributed by atoms with Gasteiger partial charge in [0, 0.05) is 12.6 Å². The number of halogens is 3. The molecule has 0 fully saturated rings. The van der Waals surface area contributed by atoms with E-state index >= 15 is 0 Å². The van der Waals surface area contributed by atoms with Crippen molar-refractivity contribution in [2.75, 3.05) is 13.3 Å². The number of esters is 1. The van der Waals surface area contributed by atoms with Gasteiger partial charge in [0.15, 0.2) is 0 Å². The van der Waals surface area contributed by atoms with Gasteiger partial charge in [0.1, 0.15) is 23.8 Å². The molecule has 7 nitrogen and oxygen atoms in total. The van der Waals surface area contributed by atoms with Crippen molar-refractivity contribution >= 4 is 16.9 Å². The predicted octanol–water partition coefficient (Wildman–Crippen LogP) is 6.69. The Kier molecular flexibility index (Phi) is 7.05. The molecule has 0 spiro atoms. The summed E-state index contributed by atoms with van der Waals surface area (Å²) in [5.74, 6) is -2.88. The Hall–Kier alpha value is -4.31. The van der Waals surface area contributed by atoms with Crippen LogP contribution in [0.2, 0.25) is 0 Å². The lowest BCUT2D eigenvalue weighted by Gasteiger charge is -2.34. The molecular formula is C29H24F3NO6. The molecular weight excluding hydrogens is 515 g/mol. The molecule has 1 aromatic heterocycles. The third kappa shape index (κ3) is 5.20. The number of rotatable bonds is 6. The fourth-order valence-corrected chi connectivity index (χ4v) is 4.43. The molecule has 1 aliphatic heterocycles. The first-order chi connectivity index (χ1) is 18.7. The maximum Gasteiger partial charge on any atom is 0.453 e. The second kappa shape index (κ2) is 10.5. The summed E-state index contributed by atoms with van der Waals surface area (Å²) in [6.45, 7) is 4.21. The van der Waals surface area contributed by atoms with Gasteiger partial charge < -0.3 is 18.6 Å². The van der Waals surface area contributed by atoms with Crippen LogP contribution in [0.1, 0.15) is 47.1 Å². The van der Waals surface area contributed by atoms with Gasteiger partial charge >= 0.3 is 12.1 Å². The molecule has 1 aliphatic rings. The van der Waals surface area contributed by atoms with E-state index in [1.54, 1.807) is 13.0 Å². The van der Waals surface area contributed by atoms with E-state index in [2.05, 4.69) is 0 Å². The molecule has 4 aromatic rings. The minimum absolute atomic E-state index is 0.0716. The van der Waals surface area contributed by atoms with Crippen LogP contribution in [0.25, 0.3) is 11.0 Å². The van der Waals surface area contributed by atoms with Crippen molar-refractivity contribution < 1.29 is 36.6 Å². The molecule has 3 aromatic carbocycles. The molecule has 0 bridgehead atoms. The van der Waals surface area contributed by atoms with E-state index in [0.29, 0.717) is 11.3 Å². The molecule has 10 heteroatoms. The highest BCUT2D eigenvalue weighted by molar-refractivity contribution is 5.89. The van der Waals surface area contributed by atoms with Gasteiger partial charge in [-0.25, -0.2) is 4.79 Å². The van der Waals surface area contributed by atoms with Gasteiger partial charge in [-0.15, -0.1) is 0 Å². The molecule has 0 saturated heterocycles. The topological polar surface area (TPSA) is 78.2 Å². The summed E-state index contributed by atoms with van der Waals surface area (Å²) in [5.41, 5.74) is 0.349. The minimum Gasteiger partial charge on any atom is -0.478 e. The average Bonchev–Trinajstić information content (AvgIpc) is 2.94. The van der Waals surface area contributed by atoms with Gasteiger partial charge in [0.2, 0.25) is 11.2 Å².